The highest BCUT2D eigenvalue weighted by atomic mass is 35.5. The van der Waals surface area contributed by atoms with Crippen LogP contribution >= 0.6 is 11.6 Å². The Kier molecular flexibility index (Phi) is 6.69. The SMILES string of the molecule is O=C(N[C@H]1CC(=O)N(Cc2ccc(Cl)c([N+](=O)[O-])c2)C1=O)c1ccc(O)c(OC2CCCC2)c1. The molecule has 1 saturated heterocycles. The molecule has 0 unspecified atom stereocenters. The highest BCUT2D eigenvalue weighted by Crippen LogP contribution is 2.32. The third-order valence-electron chi connectivity index (χ3n) is 5.92. The van der Waals surface area contributed by atoms with E-state index in [0.717, 1.165) is 30.6 Å². The molecule has 2 aromatic carbocycles. The van der Waals surface area contributed by atoms with Gasteiger partial charge < -0.3 is 15.2 Å². The molecule has 2 N–H and O–H groups in total. The molecule has 178 valence electrons. The van der Waals surface area contributed by atoms with Crippen molar-refractivity contribution in [1.82, 2.24) is 10.2 Å². The van der Waals surface area contributed by atoms with Gasteiger partial charge in [-0.15, -0.1) is 0 Å². The van der Waals surface area contributed by atoms with Gasteiger partial charge in [-0.05, 0) is 55.5 Å². The van der Waals surface area contributed by atoms with Crippen molar-refractivity contribution in [3.05, 3.63) is 62.7 Å². The Morgan fingerprint density at radius 1 is 1.21 bits per heavy atom. The second kappa shape index (κ2) is 9.68. The van der Waals surface area contributed by atoms with Gasteiger partial charge in [0, 0.05) is 11.6 Å². The number of rotatable bonds is 7. The lowest BCUT2D eigenvalue weighted by Crippen LogP contribution is -2.41. The number of carbonyl (C=O) groups excluding carboxylic acids is 3. The zero-order valence-corrected chi connectivity index (χ0v) is 18.8. The number of nitrogens with one attached hydrogen (secondary N) is 1. The van der Waals surface area contributed by atoms with E-state index in [1.165, 1.54) is 36.4 Å². The number of halogens is 1. The molecule has 0 bridgehead atoms. The predicted octanol–water partition coefficient (Wildman–Crippen LogP) is 3.33. The third-order valence-corrected chi connectivity index (χ3v) is 6.23. The van der Waals surface area contributed by atoms with E-state index in [-0.39, 0.29) is 46.8 Å². The van der Waals surface area contributed by atoms with E-state index in [0.29, 0.717) is 5.56 Å². The zero-order valence-electron chi connectivity index (χ0n) is 18.0. The van der Waals surface area contributed by atoms with Crippen LogP contribution in [0.3, 0.4) is 0 Å². The lowest BCUT2D eigenvalue weighted by atomic mass is 10.1. The van der Waals surface area contributed by atoms with Crippen LogP contribution in [0, 0.1) is 10.1 Å². The molecular weight excluding hydrogens is 466 g/mol. The molecule has 1 atom stereocenters. The molecule has 0 radical (unpaired) electrons. The van der Waals surface area contributed by atoms with Gasteiger partial charge in [-0.2, -0.15) is 0 Å². The van der Waals surface area contributed by atoms with Crippen molar-refractivity contribution in [3.8, 4) is 11.5 Å². The Labute approximate surface area is 199 Å². The average Bonchev–Trinajstić information content (AvgIpc) is 3.40. The molecule has 0 aromatic heterocycles. The van der Waals surface area contributed by atoms with Crippen LogP contribution in [0.1, 0.15) is 48.0 Å². The highest BCUT2D eigenvalue weighted by Gasteiger charge is 2.39. The number of likely N-dealkylation sites (tertiary alicyclic amines) is 1. The number of ether oxygens (including phenoxy) is 1. The molecule has 3 amide bonds. The van der Waals surface area contributed by atoms with E-state index in [9.17, 15) is 29.6 Å². The Morgan fingerprint density at radius 2 is 1.94 bits per heavy atom. The lowest BCUT2D eigenvalue weighted by molar-refractivity contribution is -0.384. The van der Waals surface area contributed by atoms with E-state index in [4.69, 9.17) is 16.3 Å². The fourth-order valence-corrected chi connectivity index (χ4v) is 4.30. The minimum Gasteiger partial charge on any atom is -0.504 e. The Morgan fingerprint density at radius 3 is 2.65 bits per heavy atom. The summed E-state index contributed by atoms with van der Waals surface area (Å²) < 4.78 is 5.81. The van der Waals surface area contributed by atoms with Crippen molar-refractivity contribution in [1.29, 1.82) is 0 Å². The number of hydrogen-bond acceptors (Lipinski definition) is 7. The predicted molar refractivity (Wildman–Crippen MR) is 121 cm³/mol. The van der Waals surface area contributed by atoms with Gasteiger partial charge in [-0.25, -0.2) is 0 Å². The summed E-state index contributed by atoms with van der Waals surface area (Å²) in [6.07, 6.45) is 3.59. The molecule has 1 heterocycles. The number of imide groups is 1. The van der Waals surface area contributed by atoms with Crippen LogP contribution in [0.4, 0.5) is 5.69 Å². The molecule has 1 aliphatic heterocycles. The largest absolute Gasteiger partial charge is 0.504 e. The van der Waals surface area contributed by atoms with Crippen molar-refractivity contribution < 1.29 is 29.2 Å². The first-order valence-electron chi connectivity index (χ1n) is 10.8. The molecule has 34 heavy (non-hydrogen) atoms. The summed E-state index contributed by atoms with van der Waals surface area (Å²) in [7, 11) is 0. The zero-order chi connectivity index (χ0) is 24.4. The Hall–Kier alpha value is -3.66. The molecular formula is C23H22ClN3O7. The van der Waals surface area contributed by atoms with Crippen molar-refractivity contribution in [2.45, 2.75) is 50.8 Å². The molecule has 1 saturated carbocycles. The fraction of sp³-hybridized carbons (Fsp3) is 0.348. The van der Waals surface area contributed by atoms with Gasteiger partial charge in [-0.1, -0.05) is 17.7 Å². The van der Waals surface area contributed by atoms with Crippen LogP contribution in [0.5, 0.6) is 11.5 Å². The van der Waals surface area contributed by atoms with E-state index >= 15 is 0 Å². The van der Waals surface area contributed by atoms with Crippen molar-refractivity contribution in [2.75, 3.05) is 0 Å². The smallest absolute Gasteiger partial charge is 0.288 e. The summed E-state index contributed by atoms with van der Waals surface area (Å²) >= 11 is 5.81. The number of carbonyl (C=O) groups is 3. The van der Waals surface area contributed by atoms with Crippen molar-refractivity contribution in [3.63, 3.8) is 0 Å². The minimum atomic E-state index is -1.07. The van der Waals surface area contributed by atoms with Gasteiger partial charge >= 0.3 is 0 Å². The molecule has 10 nitrogen and oxygen atoms in total. The molecule has 11 heteroatoms. The average molecular weight is 488 g/mol. The normalized spacial score (nSPS) is 18.4. The first kappa shape index (κ1) is 23.5. The fourth-order valence-electron chi connectivity index (χ4n) is 4.12. The molecule has 2 aliphatic rings. The van der Waals surface area contributed by atoms with Crippen LogP contribution in [-0.4, -0.2) is 44.8 Å². The van der Waals surface area contributed by atoms with Gasteiger partial charge in [0.1, 0.15) is 11.1 Å². The van der Waals surface area contributed by atoms with Crippen LogP contribution in [-0.2, 0) is 16.1 Å². The van der Waals surface area contributed by atoms with Gasteiger partial charge in [0.2, 0.25) is 5.91 Å². The number of nitrogens with zero attached hydrogens (tertiary/aromatic N) is 2. The van der Waals surface area contributed by atoms with E-state index in [1.807, 2.05) is 0 Å². The van der Waals surface area contributed by atoms with Gasteiger partial charge in [-0.3, -0.25) is 29.4 Å². The summed E-state index contributed by atoms with van der Waals surface area (Å²) in [5, 5.41) is 23.7. The lowest BCUT2D eigenvalue weighted by Gasteiger charge is -2.17. The Balaban J connectivity index is 1.43. The van der Waals surface area contributed by atoms with Gasteiger partial charge in [0.05, 0.1) is 24.0 Å². The van der Waals surface area contributed by atoms with Gasteiger partial charge in [0.15, 0.2) is 11.5 Å². The molecule has 2 fully saturated rings. The second-order valence-electron chi connectivity index (χ2n) is 8.30. The monoisotopic (exact) mass is 487 g/mol. The number of hydrogen-bond donors (Lipinski definition) is 2. The second-order valence-corrected chi connectivity index (χ2v) is 8.71. The van der Waals surface area contributed by atoms with Crippen LogP contribution < -0.4 is 10.1 Å². The summed E-state index contributed by atoms with van der Waals surface area (Å²) in [5.41, 5.74) is 0.209. The van der Waals surface area contributed by atoms with Crippen molar-refractivity contribution >= 4 is 35.0 Å². The van der Waals surface area contributed by atoms with E-state index in [2.05, 4.69) is 5.32 Å². The molecule has 4 rings (SSSR count). The number of phenols is 1. The first-order chi connectivity index (χ1) is 16.2. The van der Waals surface area contributed by atoms with Crippen LogP contribution in [0.15, 0.2) is 36.4 Å². The maximum Gasteiger partial charge on any atom is 0.288 e. The standard InChI is InChI=1S/C23H22ClN3O7/c24-16-7-5-13(9-18(16)27(32)33)12-26-21(29)11-17(23(26)31)25-22(30)14-6-8-19(28)20(10-14)34-15-3-1-2-4-15/h5-10,15,17,28H,1-4,11-12H2,(H,25,30)/t17-/m0/s1. The Bertz CT molecular complexity index is 1160. The van der Waals surface area contributed by atoms with Crippen molar-refractivity contribution in [2.24, 2.45) is 0 Å². The number of nitro groups is 1. The van der Waals surface area contributed by atoms with Crippen LogP contribution in [0.25, 0.3) is 0 Å². The minimum absolute atomic E-state index is 0.0181. The highest BCUT2D eigenvalue weighted by molar-refractivity contribution is 6.32. The topological polar surface area (TPSA) is 139 Å². The molecule has 2 aromatic rings. The van der Waals surface area contributed by atoms with Gasteiger partial charge in [0.25, 0.3) is 17.5 Å². The number of aromatic hydroxyl groups is 1. The third kappa shape index (κ3) is 4.96. The maximum absolute atomic E-state index is 12.8. The number of amides is 3. The number of nitro benzene ring substituents is 1. The summed E-state index contributed by atoms with van der Waals surface area (Å²) in [4.78, 5) is 49.4. The molecule has 0 spiro atoms. The summed E-state index contributed by atoms with van der Waals surface area (Å²) in [5.74, 6) is -1.61. The maximum atomic E-state index is 12.8. The summed E-state index contributed by atoms with van der Waals surface area (Å²) in [6, 6.07) is 7.11. The number of benzene rings is 2. The first-order valence-corrected chi connectivity index (χ1v) is 11.2. The quantitative estimate of drug-likeness (QED) is 0.347. The van der Waals surface area contributed by atoms with E-state index in [1.54, 1.807) is 0 Å². The number of phenolic OH excluding ortho intramolecular Hbond substituents is 1. The molecule has 1 aliphatic carbocycles. The summed E-state index contributed by atoms with van der Waals surface area (Å²) in [6.45, 7) is -0.180. The van der Waals surface area contributed by atoms with Crippen LogP contribution in [0.2, 0.25) is 5.02 Å². The van der Waals surface area contributed by atoms with E-state index < -0.39 is 28.7 Å².